The normalized spacial score (nSPS) is 14.3. The van der Waals surface area contributed by atoms with Crippen LogP contribution in [0, 0.1) is 11.8 Å². The van der Waals surface area contributed by atoms with E-state index in [4.69, 9.17) is 5.73 Å². The van der Waals surface area contributed by atoms with E-state index in [1.165, 1.54) is 37.2 Å². The molecule has 0 aliphatic carbocycles. The SMILES string of the molecule is CC(C)C[C@H](NC(=O)[C@H](CC(C)C)NC(=O)[C@@H](N)Cc1ccc(O)cc1)C(=O)N[C@@H](Cc1c[nH]c2ccccc12)C(=O)N[C@@H](CCC(=O)O)C(=O)N[C@@H](CO)C(=O)N[C@@H](Cc1cnc[nH]1)C(=O)N[C@@H](CS)C(=O)NCC(=O)N[C@@H](Cc1c[nH]c2ccccc12)C(=O)N[C@@H](Cc1cnc[nH]1)C(=O)O. The van der Waals surface area contributed by atoms with Gasteiger partial charge in [-0.2, -0.15) is 12.6 Å². The Morgan fingerprint density at radius 1 is 0.480 bits per heavy atom. The number of fused-ring (bicyclic) bond motifs is 2. The fraction of sp³-hybridized carbons (Fsp3) is 0.412. The van der Waals surface area contributed by atoms with Crippen LogP contribution >= 0.6 is 12.6 Å². The number of carbonyl (C=O) groups excluding carboxylic acids is 10. The molecule has 0 saturated heterocycles. The van der Waals surface area contributed by atoms with Crippen molar-refractivity contribution in [3.05, 3.63) is 138 Å². The van der Waals surface area contributed by atoms with E-state index in [1.807, 2.05) is 13.8 Å². The van der Waals surface area contributed by atoms with Gasteiger partial charge in [0.05, 0.1) is 31.8 Å². The van der Waals surface area contributed by atoms with Gasteiger partial charge in [0.25, 0.3) is 0 Å². The van der Waals surface area contributed by atoms with Crippen molar-refractivity contribution in [1.82, 2.24) is 83.1 Å². The molecule has 10 amide bonds. The first kappa shape index (κ1) is 78.2. The number of aromatic nitrogens is 6. The lowest BCUT2D eigenvalue weighted by molar-refractivity contribution is -0.142. The van der Waals surface area contributed by atoms with Gasteiger partial charge in [0, 0.05) is 95.8 Å². The first-order chi connectivity index (χ1) is 48.7. The monoisotopic (exact) mass is 1430 g/mol. The summed E-state index contributed by atoms with van der Waals surface area (Å²) in [5.41, 5.74) is 10.1. The number of thiol groups is 1. The number of hydrogen-bond donors (Lipinski definition) is 20. The average molecular weight is 1430 g/mol. The van der Waals surface area contributed by atoms with Crippen molar-refractivity contribution in [3.8, 4) is 5.75 Å². The van der Waals surface area contributed by atoms with Crippen LogP contribution in [0.25, 0.3) is 21.8 Å². The molecule has 33 nitrogen and oxygen atoms in total. The molecule has 546 valence electrons. The average Bonchev–Trinajstić information content (AvgIpc) is 1.65. The third-order valence-electron chi connectivity index (χ3n) is 16.4. The highest BCUT2D eigenvalue weighted by Crippen LogP contribution is 2.22. The first-order valence-electron chi connectivity index (χ1n) is 32.9. The number of phenolic OH excluding ortho intramolecular Hbond substituents is 1. The second-order valence-corrected chi connectivity index (χ2v) is 25.8. The van der Waals surface area contributed by atoms with Gasteiger partial charge in [-0.1, -0.05) is 76.2 Å². The summed E-state index contributed by atoms with van der Waals surface area (Å²) in [6.45, 7) is 5.33. The number of amides is 10. The molecule has 0 aliphatic heterocycles. The number of carbonyl (C=O) groups is 12. The van der Waals surface area contributed by atoms with Gasteiger partial charge in [-0.25, -0.2) is 14.8 Å². The van der Waals surface area contributed by atoms with Crippen LogP contribution < -0.4 is 58.9 Å². The molecule has 3 aromatic carbocycles. The smallest absolute Gasteiger partial charge is 0.326 e. The molecule has 20 N–H and O–H groups in total. The van der Waals surface area contributed by atoms with Crippen LogP contribution in [0.2, 0.25) is 0 Å². The number of imidazole rings is 2. The third-order valence-corrected chi connectivity index (χ3v) is 16.8. The minimum atomic E-state index is -1.91. The maximum Gasteiger partial charge on any atom is 0.326 e. The highest BCUT2D eigenvalue weighted by Gasteiger charge is 2.37. The molecule has 10 atom stereocenters. The Kier molecular flexibility index (Phi) is 29.1. The number of benzene rings is 3. The Balaban J connectivity index is 1.03. The van der Waals surface area contributed by atoms with Crippen LogP contribution in [-0.2, 0) is 89.6 Å². The van der Waals surface area contributed by atoms with Gasteiger partial charge in [0.1, 0.15) is 60.1 Å². The van der Waals surface area contributed by atoms with Gasteiger partial charge in [-0.15, -0.1) is 0 Å². The zero-order valence-corrected chi connectivity index (χ0v) is 57.3. The summed E-state index contributed by atoms with van der Waals surface area (Å²) in [5, 5.41) is 66.9. The number of aliphatic carboxylic acids is 2. The Morgan fingerprint density at radius 2 is 0.902 bits per heavy atom. The Hall–Kier alpha value is -11.1. The number of carboxylic acid groups (broad SMARTS) is 2. The second kappa shape index (κ2) is 37.9. The summed E-state index contributed by atoms with van der Waals surface area (Å²) in [6, 6.07) is 5.47. The molecule has 4 aromatic heterocycles. The number of nitrogens with one attached hydrogen (secondary N) is 14. The summed E-state index contributed by atoms with van der Waals surface area (Å²) in [4.78, 5) is 185. The van der Waals surface area contributed by atoms with Gasteiger partial charge in [0.2, 0.25) is 59.1 Å². The first-order valence-corrected chi connectivity index (χ1v) is 33.6. The van der Waals surface area contributed by atoms with Crippen molar-refractivity contribution in [2.24, 2.45) is 17.6 Å². The summed E-state index contributed by atoms with van der Waals surface area (Å²) in [5.74, 6) is -12.9. The fourth-order valence-electron chi connectivity index (χ4n) is 11.1. The molecular formula is C68H87N17O16S. The molecule has 0 bridgehead atoms. The Labute approximate surface area is 590 Å². The van der Waals surface area contributed by atoms with Gasteiger partial charge in [-0.05, 0) is 78.5 Å². The number of aliphatic hydroxyl groups excluding tert-OH is 1. The Morgan fingerprint density at radius 3 is 1.38 bits per heavy atom. The lowest BCUT2D eigenvalue weighted by Gasteiger charge is -2.28. The number of nitrogens with zero attached hydrogens (tertiary/aromatic N) is 2. The number of hydrogen-bond acceptors (Lipinski definition) is 18. The van der Waals surface area contributed by atoms with E-state index >= 15 is 0 Å². The third kappa shape index (κ3) is 23.5. The van der Waals surface area contributed by atoms with Crippen LogP contribution in [0.1, 0.15) is 81.5 Å². The number of aliphatic hydroxyl groups is 1. The van der Waals surface area contributed by atoms with E-state index < -0.39 is 157 Å². The molecule has 0 fully saturated rings. The van der Waals surface area contributed by atoms with E-state index in [9.17, 15) is 78.0 Å². The number of nitrogens with two attached hydrogens (primary N) is 1. The molecule has 4 heterocycles. The largest absolute Gasteiger partial charge is 0.508 e. The molecule has 0 radical (unpaired) electrons. The van der Waals surface area contributed by atoms with Gasteiger partial charge in [0.15, 0.2) is 0 Å². The summed E-state index contributed by atoms with van der Waals surface area (Å²) in [6.07, 6.45) is 6.59. The highest BCUT2D eigenvalue weighted by atomic mass is 32.1. The number of phenols is 1. The predicted octanol–water partition coefficient (Wildman–Crippen LogP) is -0.915. The van der Waals surface area contributed by atoms with Crippen molar-refractivity contribution >= 4 is 105 Å². The maximum absolute atomic E-state index is 14.8. The fourth-order valence-corrected chi connectivity index (χ4v) is 11.4. The van der Waals surface area contributed by atoms with Crippen molar-refractivity contribution in [2.45, 2.75) is 146 Å². The number of H-pyrrole nitrogens is 4. The van der Waals surface area contributed by atoms with Crippen molar-refractivity contribution in [2.75, 3.05) is 18.9 Å². The number of aromatic hydroxyl groups is 1. The molecule has 34 heteroatoms. The molecular weight excluding hydrogens is 1340 g/mol. The van der Waals surface area contributed by atoms with Crippen molar-refractivity contribution in [1.29, 1.82) is 0 Å². The summed E-state index contributed by atoms with van der Waals surface area (Å²) in [7, 11) is 0. The molecule has 102 heavy (non-hydrogen) atoms. The lowest BCUT2D eigenvalue weighted by atomic mass is 9.98. The van der Waals surface area contributed by atoms with Crippen LogP contribution in [-0.4, -0.2) is 201 Å². The zero-order chi connectivity index (χ0) is 74.2. The molecule has 7 aromatic rings. The van der Waals surface area contributed by atoms with Gasteiger partial charge < -0.3 is 99.3 Å². The number of carboxylic acids is 2. The van der Waals surface area contributed by atoms with E-state index in [2.05, 4.69) is 95.7 Å². The standard InChI is InChI=1S/C68H87N17O16S/c1-35(2)19-49(79-59(91)45(69)21-37-13-15-42(87)16-14-37)62(94)80-50(20-36(3)4)63(95)81-52(23-39-27-73-47-12-8-6-10-44(39)47)65(97)78-48(17-18-58(89)90)61(93)84-55(31-86)67(99)82-53(24-40-28-70-33-75-40)66(98)85-56(32-102)60(92)74-30-57(88)77-51(22-38-26-72-46-11-7-5-9-43(38)46)64(96)83-54(68(100)101)25-41-29-71-34-76-41/h5-16,26-29,33-36,45,48-56,72-73,86-87,102H,17-25,30-32,69H2,1-4H3,(H,70,75)(H,71,76)(H,74,92)(H,77,88)(H,78,97)(H,79,91)(H,80,94)(H,81,95)(H,82,99)(H,83,96)(H,84,93)(H,85,98)(H,89,90)(H,100,101)/t45-,48-,49-,50-,51-,52-,53-,54-,55-,56-/m0/s1. The minimum Gasteiger partial charge on any atom is -0.508 e. The summed E-state index contributed by atoms with van der Waals surface area (Å²) < 4.78 is 0. The summed E-state index contributed by atoms with van der Waals surface area (Å²) >= 11 is 4.25. The van der Waals surface area contributed by atoms with E-state index in [1.54, 1.807) is 86.9 Å². The maximum atomic E-state index is 14.8. The predicted molar refractivity (Wildman–Crippen MR) is 373 cm³/mol. The molecule has 0 saturated carbocycles. The van der Waals surface area contributed by atoms with Crippen LogP contribution in [0.3, 0.4) is 0 Å². The number of rotatable bonds is 40. The van der Waals surface area contributed by atoms with Crippen LogP contribution in [0.5, 0.6) is 5.75 Å². The highest BCUT2D eigenvalue weighted by molar-refractivity contribution is 7.80. The second-order valence-electron chi connectivity index (χ2n) is 25.4. The lowest BCUT2D eigenvalue weighted by Crippen LogP contribution is -2.61. The molecule has 7 rings (SSSR count). The van der Waals surface area contributed by atoms with E-state index in [0.717, 1.165) is 10.9 Å². The zero-order valence-electron chi connectivity index (χ0n) is 56.4. The molecule has 0 unspecified atom stereocenters. The number of para-hydroxylation sites is 2. The topological polar surface area (TPSA) is 521 Å². The van der Waals surface area contributed by atoms with Gasteiger partial charge in [-0.3, -0.25) is 52.7 Å². The van der Waals surface area contributed by atoms with Crippen LogP contribution in [0.4, 0.5) is 0 Å². The Bertz CT molecular complexity index is 4030. The number of aromatic amines is 4. The minimum absolute atomic E-state index is 0.0191. The van der Waals surface area contributed by atoms with Crippen LogP contribution in [0.15, 0.2) is 110 Å². The van der Waals surface area contributed by atoms with E-state index in [0.29, 0.717) is 33.3 Å². The van der Waals surface area contributed by atoms with E-state index in [-0.39, 0.29) is 74.0 Å². The van der Waals surface area contributed by atoms with Gasteiger partial charge >= 0.3 is 11.9 Å². The quantitative estimate of drug-likeness (QED) is 0.0207. The van der Waals surface area contributed by atoms with Crippen molar-refractivity contribution in [3.63, 3.8) is 0 Å². The van der Waals surface area contributed by atoms with Crippen molar-refractivity contribution < 1.29 is 78.0 Å². The molecule has 0 spiro atoms. The molecule has 0 aliphatic rings.